The molecule has 3 nitrogen and oxygen atoms in total. The minimum atomic E-state index is -0.340. The molecule has 3 aromatic rings. The van der Waals surface area contributed by atoms with Crippen LogP contribution in [-0.2, 0) is 6.54 Å². The van der Waals surface area contributed by atoms with Crippen molar-refractivity contribution in [1.29, 1.82) is 0 Å². The smallest absolute Gasteiger partial charge is 0.143 e. The van der Waals surface area contributed by atoms with Crippen LogP contribution in [0, 0.1) is 5.82 Å². The van der Waals surface area contributed by atoms with Crippen molar-refractivity contribution in [2.75, 3.05) is 5.73 Å². The number of aryl methyl sites for hydroxylation is 1. The topological polar surface area (TPSA) is 43.8 Å². The van der Waals surface area contributed by atoms with E-state index in [4.69, 9.17) is 5.73 Å². The van der Waals surface area contributed by atoms with Crippen LogP contribution in [0.25, 0.3) is 22.4 Å². The van der Waals surface area contributed by atoms with Crippen molar-refractivity contribution in [3.63, 3.8) is 0 Å². The van der Waals surface area contributed by atoms with Crippen LogP contribution in [0.5, 0.6) is 0 Å². The minimum absolute atomic E-state index is 0.340. The number of halogens is 2. The van der Waals surface area contributed by atoms with Gasteiger partial charge in [-0.05, 0) is 43.3 Å². The molecule has 0 radical (unpaired) electrons. The summed E-state index contributed by atoms with van der Waals surface area (Å²) in [6.45, 7) is 2.82. The molecule has 1 heterocycles. The number of anilines is 1. The number of nitrogens with zero attached hydrogens (tertiary/aromatic N) is 2. The number of aromatic nitrogens is 2. The molecule has 0 aliphatic heterocycles. The quantitative estimate of drug-likeness (QED) is 0.714. The van der Waals surface area contributed by atoms with E-state index in [1.54, 1.807) is 6.07 Å². The molecule has 0 spiro atoms. The minimum Gasteiger partial charge on any atom is -0.398 e. The van der Waals surface area contributed by atoms with Gasteiger partial charge in [-0.2, -0.15) is 0 Å². The predicted octanol–water partition coefficient (Wildman–Crippen LogP) is 4.21. The third kappa shape index (κ3) is 2.08. The second-order valence-corrected chi connectivity index (χ2v) is 5.46. The van der Waals surface area contributed by atoms with Crippen LogP contribution < -0.4 is 5.73 Å². The van der Waals surface area contributed by atoms with E-state index in [1.807, 2.05) is 25.1 Å². The zero-order chi connectivity index (χ0) is 14.3. The average Bonchev–Trinajstić information content (AvgIpc) is 2.75. The summed E-state index contributed by atoms with van der Waals surface area (Å²) in [5.41, 5.74) is 9.00. The zero-order valence-corrected chi connectivity index (χ0v) is 12.5. The maximum Gasteiger partial charge on any atom is 0.143 e. The Labute approximate surface area is 124 Å². The highest BCUT2D eigenvalue weighted by molar-refractivity contribution is 9.10. The van der Waals surface area contributed by atoms with E-state index in [9.17, 15) is 4.39 Å². The Morgan fingerprint density at radius 1 is 1.25 bits per heavy atom. The molecule has 0 amide bonds. The zero-order valence-electron chi connectivity index (χ0n) is 10.9. The van der Waals surface area contributed by atoms with E-state index in [0.717, 1.165) is 33.4 Å². The molecule has 0 saturated heterocycles. The molecule has 20 heavy (non-hydrogen) atoms. The standard InChI is InChI=1S/C15H13BrFN3/c1-2-20-14-6-3-9(16)7-13(14)19-15(20)11-5-4-10(17)8-12(11)18/h3-8H,2,18H2,1H3. The number of nitrogen functional groups attached to an aromatic ring is 1. The summed E-state index contributed by atoms with van der Waals surface area (Å²) in [6.07, 6.45) is 0. The van der Waals surface area contributed by atoms with Crippen molar-refractivity contribution in [3.05, 3.63) is 46.7 Å². The van der Waals surface area contributed by atoms with Crippen LogP contribution in [0.15, 0.2) is 40.9 Å². The molecule has 2 aromatic carbocycles. The molecular formula is C15H13BrFN3. The summed E-state index contributed by atoms with van der Waals surface area (Å²) in [4.78, 5) is 4.64. The Morgan fingerprint density at radius 3 is 2.75 bits per heavy atom. The predicted molar refractivity (Wildman–Crippen MR) is 82.9 cm³/mol. The van der Waals surface area contributed by atoms with E-state index in [2.05, 4.69) is 25.5 Å². The van der Waals surface area contributed by atoms with Crippen molar-refractivity contribution < 1.29 is 4.39 Å². The van der Waals surface area contributed by atoms with Crippen molar-refractivity contribution in [2.45, 2.75) is 13.5 Å². The molecule has 0 fully saturated rings. The van der Waals surface area contributed by atoms with Gasteiger partial charge in [0.2, 0.25) is 0 Å². The first-order valence-electron chi connectivity index (χ1n) is 6.31. The van der Waals surface area contributed by atoms with Gasteiger partial charge in [-0.1, -0.05) is 15.9 Å². The fourth-order valence-electron chi connectivity index (χ4n) is 2.37. The van der Waals surface area contributed by atoms with Crippen molar-refractivity contribution in [1.82, 2.24) is 9.55 Å². The normalized spacial score (nSPS) is 11.2. The van der Waals surface area contributed by atoms with E-state index >= 15 is 0 Å². The molecule has 5 heteroatoms. The molecule has 1 aromatic heterocycles. The first kappa shape index (κ1) is 13.1. The fourth-order valence-corrected chi connectivity index (χ4v) is 2.71. The maximum absolute atomic E-state index is 13.2. The van der Waals surface area contributed by atoms with Gasteiger partial charge in [-0.25, -0.2) is 9.37 Å². The number of rotatable bonds is 2. The van der Waals surface area contributed by atoms with Gasteiger partial charge in [0.05, 0.1) is 11.0 Å². The van der Waals surface area contributed by atoms with Crippen LogP contribution >= 0.6 is 15.9 Å². The van der Waals surface area contributed by atoms with Crippen molar-refractivity contribution >= 4 is 32.7 Å². The van der Waals surface area contributed by atoms with Gasteiger partial charge >= 0.3 is 0 Å². The third-order valence-corrected chi connectivity index (χ3v) is 3.77. The van der Waals surface area contributed by atoms with Crippen LogP contribution in [-0.4, -0.2) is 9.55 Å². The molecule has 0 saturated carbocycles. The first-order valence-corrected chi connectivity index (χ1v) is 7.10. The van der Waals surface area contributed by atoms with Crippen LogP contribution in [0.1, 0.15) is 6.92 Å². The largest absolute Gasteiger partial charge is 0.398 e. The average molecular weight is 334 g/mol. The Balaban J connectivity index is 2.30. The van der Waals surface area contributed by atoms with Gasteiger partial charge in [0.15, 0.2) is 0 Å². The van der Waals surface area contributed by atoms with Gasteiger partial charge < -0.3 is 10.3 Å². The number of nitrogens with two attached hydrogens (primary N) is 1. The molecule has 0 atom stereocenters. The number of fused-ring (bicyclic) bond motifs is 1. The van der Waals surface area contributed by atoms with E-state index < -0.39 is 0 Å². The lowest BCUT2D eigenvalue weighted by Gasteiger charge is -2.08. The highest BCUT2D eigenvalue weighted by Gasteiger charge is 2.14. The van der Waals surface area contributed by atoms with E-state index in [-0.39, 0.29) is 5.82 Å². The van der Waals surface area contributed by atoms with Crippen LogP contribution in [0.2, 0.25) is 0 Å². The SMILES string of the molecule is CCn1c(-c2ccc(F)cc2N)nc2cc(Br)ccc21. The van der Waals surface area contributed by atoms with Crippen LogP contribution in [0.3, 0.4) is 0 Å². The van der Waals surface area contributed by atoms with Crippen molar-refractivity contribution in [2.24, 2.45) is 0 Å². The Morgan fingerprint density at radius 2 is 2.05 bits per heavy atom. The summed E-state index contributed by atoms with van der Waals surface area (Å²) in [6, 6.07) is 10.4. The van der Waals surface area contributed by atoms with Crippen LogP contribution in [0.4, 0.5) is 10.1 Å². The molecular weight excluding hydrogens is 321 g/mol. The van der Waals surface area contributed by atoms with Gasteiger partial charge in [0.1, 0.15) is 11.6 Å². The fraction of sp³-hybridized carbons (Fsp3) is 0.133. The molecule has 0 aliphatic carbocycles. The second kappa shape index (κ2) is 4.90. The highest BCUT2D eigenvalue weighted by atomic mass is 79.9. The van der Waals surface area contributed by atoms with E-state index in [1.165, 1.54) is 12.1 Å². The Hall–Kier alpha value is -1.88. The lowest BCUT2D eigenvalue weighted by Crippen LogP contribution is -2.00. The highest BCUT2D eigenvalue weighted by Crippen LogP contribution is 2.30. The van der Waals surface area contributed by atoms with E-state index in [0.29, 0.717) is 5.69 Å². The first-order chi connectivity index (χ1) is 9.60. The summed E-state index contributed by atoms with van der Waals surface area (Å²) in [5, 5.41) is 0. The van der Waals surface area contributed by atoms with Gasteiger partial charge in [-0.3, -0.25) is 0 Å². The monoisotopic (exact) mass is 333 g/mol. The molecule has 102 valence electrons. The summed E-state index contributed by atoms with van der Waals surface area (Å²) < 4.78 is 16.2. The summed E-state index contributed by atoms with van der Waals surface area (Å²) >= 11 is 3.44. The molecule has 2 N–H and O–H groups in total. The molecule has 0 bridgehead atoms. The number of hydrogen-bond acceptors (Lipinski definition) is 2. The van der Waals surface area contributed by atoms with Gasteiger partial charge in [-0.15, -0.1) is 0 Å². The summed E-state index contributed by atoms with van der Waals surface area (Å²) in [7, 11) is 0. The number of hydrogen-bond donors (Lipinski definition) is 1. The Bertz CT molecular complexity index is 795. The second-order valence-electron chi connectivity index (χ2n) is 4.54. The van der Waals surface area contributed by atoms with Crippen molar-refractivity contribution in [3.8, 4) is 11.4 Å². The summed E-state index contributed by atoms with van der Waals surface area (Å²) in [5.74, 6) is 0.422. The molecule has 3 rings (SSSR count). The molecule has 0 aliphatic rings. The number of benzene rings is 2. The van der Waals surface area contributed by atoms with Gasteiger partial charge in [0, 0.05) is 22.3 Å². The lowest BCUT2D eigenvalue weighted by atomic mass is 10.1. The number of imidazole rings is 1. The van der Waals surface area contributed by atoms with Gasteiger partial charge in [0.25, 0.3) is 0 Å². The molecule has 0 unspecified atom stereocenters. The third-order valence-electron chi connectivity index (χ3n) is 3.28. The Kier molecular flexibility index (Phi) is 3.22. The lowest BCUT2D eigenvalue weighted by molar-refractivity contribution is 0.628. The maximum atomic E-state index is 13.2.